The van der Waals surface area contributed by atoms with Crippen molar-refractivity contribution in [2.45, 2.75) is 19.6 Å². The lowest BCUT2D eigenvalue weighted by Crippen LogP contribution is -2.24. The molecule has 1 aromatic carbocycles. The number of hydrogen-bond acceptors (Lipinski definition) is 3. The van der Waals surface area contributed by atoms with Gasteiger partial charge in [0.05, 0.1) is 16.4 Å². The van der Waals surface area contributed by atoms with E-state index in [4.69, 9.17) is 0 Å². The van der Waals surface area contributed by atoms with Crippen LogP contribution in [-0.4, -0.2) is 22.3 Å². The first-order valence-electron chi connectivity index (χ1n) is 6.01. The smallest absolute Gasteiger partial charge is 0.387 e. The number of carbonyl (C=O) groups is 1. The highest BCUT2D eigenvalue weighted by molar-refractivity contribution is 9.10. The molecule has 0 aliphatic heterocycles. The fourth-order valence-electron chi connectivity index (χ4n) is 1.65. The minimum Gasteiger partial charge on any atom is -0.433 e. The summed E-state index contributed by atoms with van der Waals surface area (Å²) in [6.45, 7) is -1.31. The lowest BCUT2D eigenvalue weighted by Gasteiger charge is -2.15. The number of amides is 1. The number of rotatable bonds is 5. The SMILES string of the molecule is CC(C(=O)Nc1ccccc1OC(F)F)n1cc(Br)cn1. The summed E-state index contributed by atoms with van der Waals surface area (Å²) in [6.07, 6.45) is 3.20. The van der Waals surface area contributed by atoms with Gasteiger partial charge in [0.1, 0.15) is 11.8 Å². The van der Waals surface area contributed by atoms with Crippen LogP contribution in [0.4, 0.5) is 14.5 Å². The molecule has 112 valence electrons. The summed E-state index contributed by atoms with van der Waals surface area (Å²) in [5.41, 5.74) is 0.181. The highest BCUT2D eigenvalue weighted by Gasteiger charge is 2.18. The van der Waals surface area contributed by atoms with E-state index < -0.39 is 18.6 Å². The van der Waals surface area contributed by atoms with Crippen LogP contribution in [0, 0.1) is 0 Å². The first-order valence-corrected chi connectivity index (χ1v) is 6.81. The Labute approximate surface area is 128 Å². The zero-order valence-corrected chi connectivity index (χ0v) is 12.5. The molecule has 21 heavy (non-hydrogen) atoms. The second-order valence-electron chi connectivity index (χ2n) is 4.18. The molecule has 1 unspecified atom stereocenters. The largest absolute Gasteiger partial charge is 0.433 e. The van der Waals surface area contributed by atoms with Gasteiger partial charge in [0.15, 0.2) is 0 Å². The fraction of sp³-hybridized carbons (Fsp3) is 0.231. The summed E-state index contributed by atoms with van der Waals surface area (Å²) in [5, 5.41) is 6.56. The third-order valence-electron chi connectivity index (χ3n) is 2.71. The third kappa shape index (κ3) is 4.01. The van der Waals surface area contributed by atoms with Crippen LogP contribution in [-0.2, 0) is 4.79 Å². The Morgan fingerprint density at radius 2 is 2.14 bits per heavy atom. The van der Waals surface area contributed by atoms with Gasteiger partial charge in [-0.2, -0.15) is 13.9 Å². The van der Waals surface area contributed by atoms with Crippen molar-refractivity contribution in [2.75, 3.05) is 5.32 Å². The molecule has 8 heteroatoms. The summed E-state index contributed by atoms with van der Waals surface area (Å²) in [5.74, 6) is -0.481. The van der Waals surface area contributed by atoms with Crippen molar-refractivity contribution >= 4 is 27.5 Å². The molecule has 0 radical (unpaired) electrons. The summed E-state index contributed by atoms with van der Waals surface area (Å²) >= 11 is 3.24. The van der Waals surface area contributed by atoms with Crippen LogP contribution in [0.3, 0.4) is 0 Å². The molecule has 0 fully saturated rings. The number of nitrogens with one attached hydrogen (secondary N) is 1. The number of benzene rings is 1. The number of hydrogen-bond donors (Lipinski definition) is 1. The molecule has 0 bridgehead atoms. The molecule has 1 amide bonds. The van der Waals surface area contributed by atoms with E-state index in [0.29, 0.717) is 0 Å². The molecule has 0 spiro atoms. The molecule has 0 saturated heterocycles. The number of carbonyl (C=O) groups excluding carboxylic acids is 1. The Balaban J connectivity index is 2.12. The average Bonchev–Trinajstić information content (AvgIpc) is 2.86. The van der Waals surface area contributed by atoms with Gasteiger partial charge in [-0.05, 0) is 35.0 Å². The van der Waals surface area contributed by atoms with E-state index in [1.807, 2.05) is 0 Å². The quantitative estimate of drug-likeness (QED) is 0.889. The van der Waals surface area contributed by atoms with E-state index in [1.165, 1.54) is 16.8 Å². The number of halogens is 3. The Morgan fingerprint density at radius 1 is 1.43 bits per heavy atom. The third-order valence-corrected chi connectivity index (χ3v) is 3.12. The number of ether oxygens (including phenoxy) is 1. The maximum absolute atomic E-state index is 12.3. The zero-order valence-electron chi connectivity index (χ0n) is 11.0. The van der Waals surface area contributed by atoms with Gasteiger partial charge in [0, 0.05) is 6.20 Å². The maximum atomic E-state index is 12.3. The van der Waals surface area contributed by atoms with Gasteiger partial charge in [-0.1, -0.05) is 12.1 Å². The molecule has 5 nitrogen and oxygen atoms in total. The molecule has 2 rings (SSSR count). The van der Waals surface area contributed by atoms with E-state index in [9.17, 15) is 13.6 Å². The lowest BCUT2D eigenvalue weighted by atomic mass is 10.2. The maximum Gasteiger partial charge on any atom is 0.387 e. The molecule has 1 N–H and O–H groups in total. The second-order valence-corrected chi connectivity index (χ2v) is 5.09. The highest BCUT2D eigenvalue weighted by atomic mass is 79.9. The molecular formula is C13H12BrF2N3O2. The predicted molar refractivity (Wildman–Crippen MR) is 76.3 cm³/mol. The Hall–Kier alpha value is -1.96. The molecule has 1 aromatic heterocycles. The minimum absolute atomic E-state index is 0.0882. The predicted octanol–water partition coefficient (Wildman–Crippen LogP) is 3.45. The second kappa shape index (κ2) is 6.66. The molecule has 0 aliphatic carbocycles. The summed E-state index contributed by atoms with van der Waals surface area (Å²) in [7, 11) is 0. The normalized spacial score (nSPS) is 12.2. The molecule has 0 aliphatic rings. The van der Waals surface area contributed by atoms with Crippen molar-refractivity contribution in [1.29, 1.82) is 0 Å². The van der Waals surface area contributed by atoms with E-state index in [2.05, 4.69) is 31.1 Å². The lowest BCUT2D eigenvalue weighted by molar-refractivity contribution is -0.119. The van der Waals surface area contributed by atoms with Crippen molar-refractivity contribution < 1.29 is 18.3 Å². The number of anilines is 1. The standard InChI is InChI=1S/C13H12BrF2N3O2/c1-8(19-7-9(14)6-17-19)12(20)18-10-4-2-3-5-11(10)21-13(15)16/h2-8,13H,1H3,(H,18,20). The zero-order chi connectivity index (χ0) is 15.4. The Kier molecular flexibility index (Phi) is 4.89. The van der Waals surface area contributed by atoms with Gasteiger partial charge in [0.2, 0.25) is 5.91 Å². The van der Waals surface area contributed by atoms with E-state index in [1.54, 1.807) is 31.5 Å². The monoisotopic (exact) mass is 359 g/mol. The topological polar surface area (TPSA) is 56.1 Å². The molecule has 0 saturated carbocycles. The van der Waals surface area contributed by atoms with E-state index in [-0.39, 0.29) is 11.4 Å². The molecule has 1 heterocycles. The van der Waals surface area contributed by atoms with Crippen LogP contribution < -0.4 is 10.1 Å². The summed E-state index contributed by atoms with van der Waals surface area (Å²) < 4.78 is 31.2. The van der Waals surface area contributed by atoms with Gasteiger partial charge >= 0.3 is 6.61 Å². The van der Waals surface area contributed by atoms with E-state index in [0.717, 1.165) is 4.47 Å². The number of nitrogens with zero attached hydrogens (tertiary/aromatic N) is 2. The van der Waals surface area contributed by atoms with Crippen LogP contribution in [0.1, 0.15) is 13.0 Å². The fourth-order valence-corrected chi connectivity index (χ4v) is 1.95. The van der Waals surface area contributed by atoms with Crippen molar-refractivity contribution in [3.05, 3.63) is 41.1 Å². The van der Waals surface area contributed by atoms with Crippen molar-refractivity contribution in [3.8, 4) is 5.75 Å². The van der Waals surface area contributed by atoms with Gasteiger partial charge in [-0.15, -0.1) is 0 Å². The molecule has 1 atom stereocenters. The van der Waals surface area contributed by atoms with Gasteiger partial charge < -0.3 is 10.1 Å². The first kappa shape index (κ1) is 15.4. The van der Waals surface area contributed by atoms with Crippen LogP contribution in [0.2, 0.25) is 0 Å². The van der Waals surface area contributed by atoms with Crippen LogP contribution in [0.15, 0.2) is 41.1 Å². The van der Waals surface area contributed by atoms with Crippen LogP contribution in [0.25, 0.3) is 0 Å². The van der Waals surface area contributed by atoms with Crippen LogP contribution >= 0.6 is 15.9 Å². The number of para-hydroxylation sites is 2. The highest BCUT2D eigenvalue weighted by Crippen LogP contribution is 2.26. The van der Waals surface area contributed by atoms with Gasteiger partial charge in [0.25, 0.3) is 0 Å². The van der Waals surface area contributed by atoms with E-state index >= 15 is 0 Å². The Bertz CT molecular complexity index is 633. The van der Waals surface area contributed by atoms with Gasteiger partial charge in [-0.25, -0.2) is 0 Å². The number of aromatic nitrogens is 2. The van der Waals surface area contributed by atoms with Crippen LogP contribution in [0.5, 0.6) is 5.75 Å². The van der Waals surface area contributed by atoms with Gasteiger partial charge in [-0.3, -0.25) is 9.48 Å². The summed E-state index contributed by atoms with van der Waals surface area (Å²) in [6, 6.07) is 5.40. The number of alkyl halides is 2. The first-order chi connectivity index (χ1) is 9.97. The average molecular weight is 360 g/mol. The Morgan fingerprint density at radius 3 is 2.76 bits per heavy atom. The van der Waals surface area contributed by atoms with Crippen molar-refractivity contribution in [1.82, 2.24) is 9.78 Å². The minimum atomic E-state index is -2.96. The van der Waals surface area contributed by atoms with Crippen molar-refractivity contribution in [2.24, 2.45) is 0 Å². The van der Waals surface area contributed by atoms with Crippen molar-refractivity contribution in [3.63, 3.8) is 0 Å². The summed E-state index contributed by atoms with van der Waals surface area (Å²) in [4.78, 5) is 12.1. The molecular weight excluding hydrogens is 348 g/mol. The molecule has 2 aromatic rings.